The van der Waals surface area contributed by atoms with Crippen molar-refractivity contribution in [3.63, 3.8) is 0 Å². The minimum absolute atomic E-state index is 0.101. The van der Waals surface area contributed by atoms with E-state index in [0.29, 0.717) is 37.2 Å². The normalized spacial score (nSPS) is 16.4. The van der Waals surface area contributed by atoms with Crippen LogP contribution in [0.15, 0.2) is 36.4 Å². The van der Waals surface area contributed by atoms with E-state index in [-0.39, 0.29) is 16.6 Å². The summed E-state index contributed by atoms with van der Waals surface area (Å²) in [6.07, 6.45) is 0.708. The average molecular weight is 493 g/mol. The molecule has 7 nitrogen and oxygen atoms in total. The minimum atomic E-state index is -1.19. The lowest BCUT2D eigenvalue weighted by atomic mass is 9.74. The molecule has 0 saturated carbocycles. The largest absolute Gasteiger partial charge is 0.481 e. The average Bonchev–Trinajstić information content (AvgIpc) is 3.17. The van der Waals surface area contributed by atoms with E-state index in [0.717, 1.165) is 6.07 Å². The van der Waals surface area contributed by atoms with Crippen LogP contribution in [0.4, 0.5) is 8.78 Å². The van der Waals surface area contributed by atoms with Gasteiger partial charge in [0.2, 0.25) is 0 Å². The van der Waals surface area contributed by atoms with E-state index < -0.39 is 46.6 Å². The lowest BCUT2D eigenvalue weighted by Gasteiger charge is -2.33. The number of benzene rings is 2. The highest BCUT2D eigenvalue weighted by atomic mass is 35.5. The number of carbonyl (C=O) groups excluding carboxylic acids is 1. The van der Waals surface area contributed by atoms with Gasteiger partial charge in [0.25, 0.3) is 5.91 Å². The molecule has 10 heteroatoms. The zero-order valence-electron chi connectivity index (χ0n) is 18.3. The number of aliphatic carboxylic acids is 1. The molecule has 1 amide bonds. The number of aliphatic hydroxyl groups is 1. The van der Waals surface area contributed by atoms with E-state index in [9.17, 15) is 28.6 Å². The first-order chi connectivity index (χ1) is 16.2. The summed E-state index contributed by atoms with van der Waals surface area (Å²) in [6, 6.07) is 8.23. The Morgan fingerprint density at radius 2 is 1.85 bits per heavy atom. The summed E-state index contributed by atoms with van der Waals surface area (Å²) in [6.45, 7) is 0.287. The first-order valence-electron chi connectivity index (χ1n) is 10.7. The lowest BCUT2D eigenvalue weighted by Crippen LogP contribution is -2.41. The summed E-state index contributed by atoms with van der Waals surface area (Å²) in [5, 5.41) is 22.2. The Kier molecular flexibility index (Phi) is 6.62. The SMILES string of the molecule is Cn1c(C(=O)N[C@H](CO)c2ccc(C3(C(=O)O)CCOCC3)cc2)cc2c(Cl)c(F)c(F)cc21. The number of rotatable bonds is 6. The van der Waals surface area contributed by atoms with Crippen molar-refractivity contribution in [1.29, 1.82) is 0 Å². The standard InChI is InChI=1S/C24H23ClF2N2O5/c1-29-18-11-16(26)21(27)20(25)15(18)10-19(29)22(31)28-17(12-30)13-2-4-14(5-3-13)24(23(32)33)6-8-34-9-7-24/h2-5,10-11,17,30H,6-9,12H2,1H3,(H,28,31)(H,32,33)/t17-/m1/s1. The van der Waals surface area contributed by atoms with Crippen molar-refractivity contribution >= 4 is 34.4 Å². The molecule has 0 bridgehead atoms. The number of carbonyl (C=O) groups is 2. The van der Waals surface area contributed by atoms with Gasteiger partial charge >= 0.3 is 5.97 Å². The predicted octanol–water partition coefficient (Wildman–Crippen LogP) is 3.71. The van der Waals surface area contributed by atoms with Crippen molar-refractivity contribution in [3.8, 4) is 0 Å². The fraction of sp³-hybridized carbons (Fsp3) is 0.333. The van der Waals surface area contributed by atoms with Gasteiger partial charge in [-0.3, -0.25) is 9.59 Å². The molecule has 1 aromatic heterocycles. The van der Waals surface area contributed by atoms with Gasteiger partial charge in [-0.2, -0.15) is 0 Å². The minimum Gasteiger partial charge on any atom is -0.481 e. The van der Waals surface area contributed by atoms with Gasteiger partial charge in [0.15, 0.2) is 11.6 Å². The van der Waals surface area contributed by atoms with Crippen LogP contribution in [0.2, 0.25) is 5.02 Å². The highest BCUT2D eigenvalue weighted by Crippen LogP contribution is 2.36. The number of fused-ring (bicyclic) bond motifs is 1. The van der Waals surface area contributed by atoms with E-state index in [1.165, 1.54) is 17.7 Å². The van der Waals surface area contributed by atoms with E-state index in [4.69, 9.17) is 16.3 Å². The molecule has 0 radical (unpaired) electrons. The fourth-order valence-electron chi connectivity index (χ4n) is 4.44. The third kappa shape index (κ3) is 4.04. The summed E-state index contributed by atoms with van der Waals surface area (Å²) in [7, 11) is 1.52. The smallest absolute Gasteiger partial charge is 0.314 e. The van der Waals surface area contributed by atoms with Crippen LogP contribution in [0.3, 0.4) is 0 Å². The van der Waals surface area contributed by atoms with Crippen LogP contribution in [-0.4, -0.2) is 46.5 Å². The maximum atomic E-state index is 13.8. The van der Waals surface area contributed by atoms with Gasteiger partial charge in [-0.1, -0.05) is 35.9 Å². The molecule has 1 saturated heterocycles. The number of aromatic nitrogens is 1. The number of halogens is 3. The summed E-state index contributed by atoms with van der Waals surface area (Å²) >= 11 is 5.91. The second-order valence-electron chi connectivity index (χ2n) is 8.34. The van der Waals surface area contributed by atoms with Crippen LogP contribution in [0, 0.1) is 11.6 Å². The van der Waals surface area contributed by atoms with Crippen LogP contribution in [0.5, 0.6) is 0 Å². The van der Waals surface area contributed by atoms with Crippen molar-refractivity contribution in [3.05, 3.63) is 69.9 Å². The maximum absolute atomic E-state index is 13.8. The highest BCUT2D eigenvalue weighted by Gasteiger charge is 2.41. The monoisotopic (exact) mass is 492 g/mol. The zero-order chi connectivity index (χ0) is 24.6. The number of nitrogens with one attached hydrogen (secondary N) is 1. The third-order valence-corrected chi connectivity index (χ3v) is 6.89. The Balaban J connectivity index is 1.59. The molecular formula is C24H23ClF2N2O5. The van der Waals surface area contributed by atoms with Crippen molar-refractivity contribution in [2.24, 2.45) is 7.05 Å². The second kappa shape index (κ2) is 9.32. The Morgan fingerprint density at radius 3 is 2.44 bits per heavy atom. The topological polar surface area (TPSA) is 101 Å². The molecule has 0 aliphatic carbocycles. The van der Waals surface area contributed by atoms with Crippen LogP contribution in [0.25, 0.3) is 10.9 Å². The molecule has 1 atom stereocenters. The highest BCUT2D eigenvalue weighted by molar-refractivity contribution is 6.35. The van der Waals surface area contributed by atoms with Crippen molar-refractivity contribution < 1.29 is 33.3 Å². The fourth-order valence-corrected chi connectivity index (χ4v) is 4.68. The number of nitrogens with zero attached hydrogens (tertiary/aromatic N) is 1. The van der Waals surface area contributed by atoms with Crippen LogP contribution >= 0.6 is 11.6 Å². The van der Waals surface area contributed by atoms with Gasteiger partial charge < -0.3 is 24.8 Å². The van der Waals surface area contributed by atoms with Crippen molar-refractivity contribution in [2.45, 2.75) is 24.3 Å². The quantitative estimate of drug-likeness (QED) is 0.455. The Labute approximate surface area is 198 Å². The van der Waals surface area contributed by atoms with Crippen LogP contribution < -0.4 is 5.32 Å². The van der Waals surface area contributed by atoms with Crippen molar-refractivity contribution in [2.75, 3.05) is 19.8 Å². The van der Waals surface area contributed by atoms with Gasteiger partial charge in [0, 0.05) is 31.7 Å². The number of carboxylic acid groups (broad SMARTS) is 1. The van der Waals surface area contributed by atoms with Crippen LogP contribution in [0.1, 0.15) is 40.5 Å². The van der Waals surface area contributed by atoms with Gasteiger partial charge in [-0.15, -0.1) is 0 Å². The van der Waals surface area contributed by atoms with Gasteiger partial charge in [-0.25, -0.2) is 8.78 Å². The van der Waals surface area contributed by atoms with E-state index in [2.05, 4.69) is 5.32 Å². The number of ether oxygens (including phenoxy) is 1. The Morgan fingerprint density at radius 1 is 1.21 bits per heavy atom. The third-order valence-electron chi connectivity index (χ3n) is 6.52. The lowest BCUT2D eigenvalue weighted by molar-refractivity contribution is -0.147. The number of hydrogen-bond acceptors (Lipinski definition) is 4. The summed E-state index contributed by atoms with van der Waals surface area (Å²) in [5.41, 5.74) is 0.503. The molecule has 2 heterocycles. The number of amides is 1. The number of aliphatic hydroxyl groups excluding tert-OH is 1. The Bertz CT molecular complexity index is 1250. The molecule has 3 N–H and O–H groups in total. The summed E-state index contributed by atoms with van der Waals surface area (Å²) < 4.78 is 34.3. The summed E-state index contributed by atoms with van der Waals surface area (Å²) in [4.78, 5) is 25.0. The molecule has 180 valence electrons. The molecule has 0 unspecified atom stereocenters. The molecule has 1 aliphatic heterocycles. The van der Waals surface area contributed by atoms with E-state index in [1.54, 1.807) is 24.3 Å². The number of hydrogen-bond donors (Lipinski definition) is 3. The molecule has 0 spiro atoms. The second-order valence-corrected chi connectivity index (χ2v) is 8.72. The summed E-state index contributed by atoms with van der Waals surface area (Å²) in [5.74, 6) is -3.81. The van der Waals surface area contributed by atoms with E-state index >= 15 is 0 Å². The molecular weight excluding hydrogens is 470 g/mol. The van der Waals surface area contributed by atoms with Crippen molar-refractivity contribution in [1.82, 2.24) is 9.88 Å². The molecule has 4 rings (SSSR count). The van der Waals surface area contributed by atoms with Gasteiger partial charge in [0.05, 0.1) is 28.6 Å². The molecule has 1 fully saturated rings. The first-order valence-corrected chi connectivity index (χ1v) is 11.0. The molecule has 3 aromatic rings. The first kappa shape index (κ1) is 24.1. The van der Waals surface area contributed by atoms with Gasteiger partial charge in [-0.05, 0) is 30.0 Å². The van der Waals surface area contributed by atoms with Crippen LogP contribution in [-0.2, 0) is 22.0 Å². The predicted molar refractivity (Wildman–Crippen MR) is 121 cm³/mol. The molecule has 34 heavy (non-hydrogen) atoms. The van der Waals surface area contributed by atoms with Gasteiger partial charge in [0.1, 0.15) is 5.69 Å². The number of carboxylic acids is 1. The number of aryl methyl sites for hydroxylation is 1. The van der Waals surface area contributed by atoms with E-state index in [1.807, 2.05) is 0 Å². The molecule has 2 aromatic carbocycles. The zero-order valence-corrected chi connectivity index (χ0v) is 19.0. The Hall–Kier alpha value is -3.01. The maximum Gasteiger partial charge on any atom is 0.314 e. The molecule has 1 aliphatic rings.